The summed E-state index contributed by atoms with van der Waals surface area (Å²) in [5.74, 6) is 1.99. The maximum atomic E-state index is 14.0. The number of nitrogens with one attached hydrogen (secondary N) is 1. The summed E-state index contributed by atoms with van der Waals surface area (Å²) < 4.78 is 30.4. The first-order chi connectivity index (χ1) is 32.2. The Morgan fingerprint density at radius 3 is 1.77 bits per heavy atom. The van der Waals surface area contributed by atoms with Crippen LogP contribution in [0.4, 0.5) is 28.4 Å². The van der Waals surface area contributed by atoms with Crippen molar-refractivity contribution in [2.24, 2.45) is 9.98 Å². The second kappa shape index (κ2) is 19.7. The first-order valence-corrected chi connectivity index (χ1v) is 22.8. The third-order valence-corrected chi connectivity index (χ3v) is 12.4. The molecule has 3 amide bonds. The van der Waals surface area contributed by atoms with Gasteiger partial charge >= 0.3 is 0 Å². The molecule has 15 heteroatoms. The average molecular weight is 909 g/mol. The number of thiol groups is 1. The molecule has 340 valence electrons. The zero-order valence-corrected chi connectivity index (χ0v) is 38.1. The molecular weight excluding hydrogens is 857 g/mol. The second-order valence-corrected chi connectivity index (χ2v) is 17.0. The summed E-state index contributed by atoms with van der Waals surface area (Å²) in [6, 6.07) is 28.6. The Hall–Kier alpha value is -6.84. The first-order valence-electron chi connectivity index (χ1n) is 22.1. The van der Waals surface area contributed by atoms with Crippen molar-refractivity contribution in [1.29, 1.82) is 0 Å². The number of benzene rings is 5. The number of methoxy groups -OCH3 is 2. The van der Waals surface area contributed by atoms with Crippen LogP contribution in [0.1, 0.15) is 55.8 Å². The first kappa shape index (κ1) is 44.4. The molecule has 0 bridgehead atoms. The van der Waals surface area contributed by atoms with Crippen LogP contribution in [0.5, 0.6) is 23.0 Å². The molecule has 0 aliphatic carbocycles. The van der Waals surface area contributed by atoms with Crippen molar-refractivity contribution in [3.8, 4) is 23.0 Å². The summed E-state index contributed by atoms with van der Waals surface area (Å²) in [4.78, 5) is 55.3. The van der Waals surface area contributed by atoms with Crippen LogP contribution in [-0.2, 0) is 35.6 Å². The van der Waals surface area contributed by atoms with Crippen LogP contribution < -0.4 is 39.0 Å². The van der Waals surface area contributed by atoms with E-state index in [2.05, 4.69) is 35.0 Å². The minimum absolute atomic E-state index is 0.0534. The number of fused-ring (bicyclic) bond motifs is 8. The molecule has 4 aliphatic heterocycles. The lowest BCUT2D eigenvalue weighted by atomic mass is 10.1. The maximum absolute atomic E-state index is 14.0. The van der Waals surface area contributed by atoms with Crippen molar-refractivity contribution in [3.63, 3.8) is 0 Å². The molecule has 14 nitrogen and oxygen atoms in total. The number of nitrogens with zero attached hydrogens (tertiary/aromatic N) is 5. The number of ether oxygens (including phenoxy) is 5. The molecule has 4 heterocycles. The van der Waals surface area contributed by atoms with Gasteiger partial charge in [-0.1, -0.05) is 36.4 Å². The molecule has 5 aromatic rings. The van der Waals surface area contributed by atoms with Gasteiger partial charge in [-0.15, -0.1) is 0 Å². The van der Waals surface area contributed by atoms with Gasteiger partial charge in [-0.05, 0) is 71.1 Å². The molecule has 0 fully saturated rings. The topological polar surface area (TPSA) is 144 Å². The molecule has 66 heavy (non-hydrogen) atoms. The molecule has 9 rings (SSSR count). The molecular formula is C51H52N6O8S. The quantitative estimate of drug-likeness (QED) is 0.0668. The summed E-state index contributed by atoms with van der Waals surface area (Å²) in [6.45, 7) is 2.37. The molecule has 0 saturated carbocycles. The predicted octanol–water partition coefficient (Wildman–Crippen LogP) is 7.72. The van der Waals surface area contributed by atoms with Crippen molar-refractivity contribution in [3.05, 3.63) is 124 Å². The summed E-state index contributed by atoms with van der Waals surface area (Å²) >= 11 is 4.14. The van der Waals surface area contributed by atoms with Gasteiger partial charge in [0.05, 0.1) is 55.4 Å². The number of amides is 3. The Balaban J connectivity index is 0.940. The van der Waals surface area contributed by atoms with Crippen molar-refractivity contribution < 1.29 is 38.1 Å². The van der Waals surface area contributed by atoms with Crippen LogP contribution in [0.15, 0.2) is 101 Å². The summed E-state index contributed by atoms with van der Waals surface area (Å²) in [5.41, 5.74) is 8.55. The SMILES string of the molecule is COc1cc2c(cc1OCc1cc(COc3cc4c(cc3OC)C(=O)N3c5ccccc5C[C@H]3C=N4)cc(N(C)CCCOCCC(=O)NCCS)c1)N=C[C@@H]1Cc3ccccc3N1C2=O. The minimum Gasteiger partial charge on any atom is -0.493 e. The van der Waals surface area contributed by atoms with Gasteiger partial charge in [0.1, 0.15) is 13.2 Å². The highest BCUT2D eigenvalue weighted by Gasteiger charge is 2.38. The normalized spacial score (nSPS) is 16.3. The zero-order valence-electron chi connectivity index (χ0n) is 37.2. The van der Waals surface area contributed by atoms with Crippen molar-refractivity contribution in [1.82, 2.24) is 5.32 Å². The molecule has 0 spiro atoms. The van der Waals surface area contributed by atoms with Gasteiger partial charge in [0.2, 0.25) is 5.91 Å². The van der Waals surface area contributed by atoms with Crippen LogP contribution in [0.3, 0.4) is 0 Å². The lowest BCUT2D eigenvalue weighted by molar-refractivity contribution is -0.122. The standard InChI is InChI=1S/C51H52N6O8S/c1-55(15-8-16-63-17-13-49(58)52-14-18-66)36-20-32(30-64-47-26-41-39(24-45(47)61-2)50(59)56-37(28-53-41)22-34-9-4-6-11-43(34)56)19-33(21-36)31-65-48-27-42-40(25-46(48)62-3)51(60)57-38(29-54-42)23-35-10-5-7-12-44(35)57/h4-7,9-12,19-21,24-29,37-38,66H,8,13-18,22-23,30-31H2,1-3H3,(H,52,58)/t37-,38-/m0/s1. The van der Waals surface area contributed by atoms with Crippen molar-refractivity contribution >= 4 is 71.2 Å². The molecule has 2 atom stereocenters. The Morgan fingerprint density at radius 2 is 1.26 bits per heavy atom. The van der Waals surface area contributed by atoms with E-state index in [0.29, 0.717) is 96.8 Å². The van der Waals surface area contributed by atoms with Gasteiger partial charge < -0.3 is 33.9 Å². The Morgan fingerprint density at radius 1 is 0.727 bits per heavy atom. The minimum atomic E-state index is -0.184. The highest BCUT2D eigenvalue weighted by molar-refractivity contribution is 7.80. The Labute approximate surface area is 389 Å². The van der Waals surface area contributed by atoms with E-state index in [1.54, 1.807) is 38.5 Å². The van der Waals surface area contributed by atoms with E-state index < -0.39 is 0 Å². The number of para-hydroxylation sites is 2. The van der Waals surface area contributed by atoms with E-state index >= 15 is 0 Å². The second-order valence-electron chi connectivity index (χ2n) is 16.5. The molecule has 0 saturated heterocycles. The van der Waals surface area contributed by atoms with Gasteiger partial charge in [0.15, 0.2) is 23.0 Å². The van der Waals surface area contributed by atoms with Gasteiger partial charge in [-0.25, -0.2) is 0 Å². The maximum Gasteiger partial charge on any atom is 0.261 e. The highest BCUT2D eigenvalue weighted by Crippen LogP contribution is 2.43. The fourth-order valence-corrected chi connectivity index (χ4v) is 9.03. The number of carbonyl (C=O) groups excluding carboxylic acids is 3. The van der Waals surface area contributed by atoms with Crippen LogP contribution in [0, 0.1) is 0 Å². The van der Waals surface area contributed by atoms with Gasteiger partial charge in [-0.2, -0.15) is 12.6 Å². The fraction of sp³-hybridized carbons (Fsp3) is 0.314. The van der Waals surface area contributed by atoms with Gasteiger partial charge in [0.25, 0.3) is 11.8 Å². The molecule has 5 aromatic carbocycles. The number of hydrogen-bond acceptors (Lipinski definition) is 12. The van der Waals surface area contributed by atoms with Crippen molar-refractivity contribution in [2.45, 2.75) is 51.0 Å². The molecule has 1 N–H and O–H groups in total. The van der Waals surface area contributed by atoms with E-state index in [1.165, 1.54) is 0 Å². The van der Waals surface area contributed by atoms with E-state index in [9.17, 15) is 14.4 Å². The number of anilines is 3. The largest absolute Gasteiger partial charge is 0.493 e. The molecule has 4 aliphatic rings. The average Bonchev–Trinajstić information content (AvgIpc) is 3.83. The van der Waals surface area contributed by atoms with Gasteiger partial charge in [0, 0.05) is 93.4 Å². The van der Waals surface area contributed by atoms with Crippen LogP contribution in [-0.4, -0.2) is 95.6 Å². The third-order valence-electron chi connectivity index (χ3n) is 12.2. The number of hydrogen-bond donors (Lipinski definition) is 2. The van der Waals surface area contributed by atoms with E-state index in [-0.39, 0.29) is 43.0 Å². The Kier molecular flexibility index (Phi) is 13.3. The number of rotatable bonds is 18. The molecule has 0 aromatic heterocycles. The predicted molar refractivity (Wildman–Crippen MR) is 259 cm³/mol. The van der Waals surface area contributed by atoms with E-state index in [4.69, 9.17) is 33.7 Å². The van der Waals surface area contributed by atoms with Crippen LogP contribution in [0.25, 0.3) is 0 Å². The third kappa shape index (κ3) is 9.18. The van der Waals surface area contributed by atoms with Gasteiger partial charge in [-0.3, -0.25) is 34.2 Å². The lowest BCUT2D eigenvalue weighted by Crippen LogP contribution is -2.37. The van der Waals surface area contributed by atoms with Crippen LogP contribution in [0.2, 0.25) is 0 Å². The number of carbonyl (C=O) groups is 3. The van der Waals surface area contributed by atoms with Crippen molar-refractivity contribution in [2.75, 3.05) is 68.0 Å². The zero-order chi connectivity index (χ0) is 45.7. The monoisotopic (exact) mass is 908 g/mol. The number of aliphatic imine (C=N–C) groups is 2. The van der Waals surface area contributed by atoms with E-state index in [1.807, 2.05) is 83.9 Å². The summed E-state index contributed by atoms with van der Waals surface area (Å²) in [5, 5.41) is 2.80. The molecule has 0 radical (unpaired) electrons. The summed E-state index contributed by atoms with van der Waals surface area (Å²) in [7, 11) is 5.12. The summed E-state index contributed by atoms with van der Waals surface area (Å²) in [6.07, 6.45) is 6.09. The Bertz CT molecular complexity index is 2560. The van der Waals surface area contributed by atoms with Crippen LogP contribution >= 0.6 is 12.6 Å². The van der Waals surface area contributed by atoms with E-state index in [0.717, 1.165) is 45.7 Å². The fourth-order valence-electron chi connectivity index (χ4n) is 8.91. The smallest absolute Gasteiger partial charge is 0.261 e. The molecule has 0 unspecified atom stereocenters. The highest BCUT2D eigenvalue weighted by atomic mass is 32.1. The lowest BCUT2D eigenvalue weighted by Gasteiger charge is -2.23.